The van der Waals surface area contributed by atoms with Gasteiger partial charge in [-0.1, -0.05) is 29.8 Å². The first-order chi connectivity index (χ1) is 13.0. The quantitative estimate of drug-likeness (QED) is 0.684. The fraction of sp³-hybridized carbons (Fsp3) is 0.455. The first-order valence-electron chi connectivity index (χ1n) is 9.65. The van der Waals surface area contributed by atoms with Crippen LogP contribution in [0.3, 0.4) is 0 Å². The minimum atomic E-state index is -0.279. The SMILES string of the molecule is NCC1CCC(CN(Cc2ccc(F)cc2)Cc2c(F)cccc2Cl)CC1. The summed E-state index contributed by atoms with van der Waals surface area (Å²) < 4.78 is 27.5. The molecule has 1 fully saturated rings. The van der Waals surface area contributed by atoms with Crippen molar-refractivity contribution in [1.29, 1.82) is 0 Å². The highest BCUT2D eigenvalue weighted by Gasteiger charge is 2.23. The molecule has 2 nitrogen and oxygen atoms in total. The van der Waals surface area contributed by atoms with Crippen LogP contribution in [0.15, 0.2) is 42.5 Å². The second kappa shape index (κ2) is 9.63. The van der Waals surface area contributed by atoms with Gasteiger partial charge in [-0.15, -0.1) is 0 Å². The Morgan fingerprint density at radius 3 is 2.22 bits per heavy atom. The van der Waals surface area contributed by atoms with Crippen molar-refractivity contribution in [3.05, 3.63) is 70.2 Å². The second-order valence-electron chi connectivity index (χ2n) is 7.62. The summed E-state index contributed by atoms with van der Waals surface area (Å²) >= 11 is 6.25. The number of hydrogen-bond donors (Lipinski definition) is 1. The lowest BCUT2D eigenvalue weighted by Crippen LogP contribution is -2.32. The van der Waals surface area contributed by atoms with Crippen molar-refractivity contribution in [3.63, 3.8) is 0 Å². The topological polar surface area (TPSA) is 29.3 Å². The Morgan fingerprint density at radius 2 is 1.59 bits per heavy atom. The van der Waals surface area contributed by atoms with Gasteiger partial charge in [-0.2, -0.15) is 0 Å². The summed E-state index contributed by atoms with van der Waals surface area (Å²) in [4.78, 5) is 2.23. The van der Waals surface area contributed by atoms with E-state index in [-0.39, 0.29) is 11.6 Å². The first kappa shape index (κ1) is 20.2. The summed E-state index contributed by atoms with van der Waals surface area (Å²) in [7, 11) is 0. The minimum Gasteiger partial charge on any atom is -0.330 e. The molecular formula is C22H27ClF2N2. The maximum atomic E-state index is 14.3. The van der Waals surface area contributed by atoms with E-state index in [1.165, 1.54) is 18.2 Å². The molecule has 0 aliphatic heterocycles. The zero-order chi connectivity index (χ0) is 19.2. The van der Waals surface area contributed by atoms with Crippen LogP contribution in [0.2, 0.25) is 5.02 Å². The molecule has 0 bridgehead atoms. The fourth-order valence-corrected chi connectivity index (χ4v) is 4.18. The van der Waals surface area contributed by atoms with Crippen LogP contribution in [0.5, 0.6) is 0 Å². The molecule has 2 aromatic carbocycles. The molecule has 0 spiro atoms. The summed E-state index contributed by atoms with van der Waals surface area (Å²) in [6.45, 7) is 2.72. The zero-order valence-electron chi connectivity index (χ0n) is 15.5. The van der Waals surface area contributed by atoms with Crippen molar-refractivity contribution in [3.8, 4) is 0 Å². The van der Waals surface area contributed by atoms with Crippen LogP contribution in [0.1, 0.15) is 36.8 Å². The molecule has 0 atom stereocenters. The molecule has 0 radical (unpaired) electrons. The van der Waals surface area contributed by atoms with Gasteiger partial charge in [0.2, 0.25) is 0 Å². The van der Waals surface area contributed by atoms with Crippen LogP contribution in [0.25, 0.3) is 0 Å². The molecule has 27 heavy (non-hydrogen) atoms. The summed E-state index contributed by atoms with van der Waals surface area (Å²) in [5, 5.41) is 0.450. The van der Waals surface area contributed by atoms with E-state index in [1.54, 1.807) is 24.3 Å². The predicted octanol–water partition coefficient (Wildman–Crippen LogP) is 5.39. The molecule has 0 unspecified atom stereocenters. The Kier molecular flexibility index (Phi) is 7.22. The van der Waals surface area contributed by atoms with Gasteiger partial charge in [-0.05, 0) is 73.9 Å². The second-order valence-corrected chi connectivity index (χ2v) is 8.03. The number of rotatable bonds is 7. The van der Waals surface area contributed by atoms with E-state index in [0.717, 1.165) is 44.3 Å². The predicted molar refractivity (Wildman–Crippen MR) is 106 cm³/mol. The molecule has 0 heterocycles. The zero-order valence-corrected chi connectivity index (χ0v) is 16.3. The number of halogens is 3. The Morgan fingerprint density at radius 1 is 0.926 bits per heavy atom. The first-order valence-corrected chi connectivity index (χ1v) is 10.0. The fourth-order valence-electron chi connectivity index (χ4n) is 3.95. The molecular weight excluding hydrogens is 366 g/mol. The minimum absolute atomic E-state index is 0.248. The highest BCUT2D eigenvalue weighted by Crippen LogP contribution is 2.30. The molecule has 1 aliphatic rings. The van der Waals surface area contributed by atoms with Crippen molar-refractivity contribution in [2.24, 2.45) is 17.6 Å². The molecule has 0 saturated heterocycles. The van der Waals surface area contributed by atoms with Gasteiger partial charge in [0.25, 0.3) is 0 Å². The van der Waals surface area contributed by atoms with E-state index in [2.05, 4.69) is 4.90 Å². The summed E-state index contributed by atoms with van der Waals surface area (Å²) in [6, 6.07) is 11.3. The van der Waals surface area contributed by atoms with Gasteiger partial charge in [0, 0.05) is 30.2 Å². The largest absolute Gasteiger partial charge is 0.330 e. The third-order valence-electron chi connectivity index (χ3n) is 5.58. The molecule has 0 aromatic heterocycles. The Labute approximate surface area is 165 Å². The maximum Gasteiger partial charge on any atom is 0.129 e. The normalized spacial score (nSPS) is 20.2. The molecule has 5 heteroatoms. The van der Waals surface area contributed by atoms with Crippen LogP contribution < -0.4 is 5.73 Å². The van der Waals surface area contributed by atoms with Gasteiger partial charge in [-0.3, -0.25) is 4.90 Å². The Bertz CT molecular complexity index is 707. The molecule has 146 valence electrons. The van der Waals surface area contributed by atoms with Crippen LogP contribution in [-0.4, -0.2) is 18.0 Å². The molecule has 2 N–H and O–H groups in total. The lowest BCUT2D eigenvalue weighted by Gasteiger charge is -2.32. The van der Waals surface area contributed by atoms with E-state index in [0.29, 0.717) is 35.5 Å². The van der Waals surface area contributed by atoms with Gasteiger partial charge < -0.3 is 5.73 Å². The lowest BCUT2D eigenvalue weighted by atomic mass is 9.82. The average Bonchev–Trinajstić information content (AvgIpc) is 2.67. The maximum absolute atomic E-state index is 14.3. The summed E-state index contributed by atoms with van der Waals surface area (Å²) in [5.41, 5.74) is 7.34. The van der Waals surface area contributed by atoms with Gasteiger partial charge in [0.15, 0.2) is 0 Å². The summed E-state index contributed by atoms with van der Waals surface area (Å²) in [6.07, 6.45) is 4.61. The van der Waals surface area contributed by atoms with Crippen LogP contribution in [-0.2, 0) is 13.1 Å². The van der Waals surface area contributed by atoms with Crippen LogP contribution >= 0.6 is 11.6 Å². The molecule has 1 aliphatic carbocycles. The number of nitrogens with zero attached hydrogens (tertiary/aromatic N) is 1. The Balaban J connectivity index is 1.73. The highest BCUT2D eigenvalue weighted by atomic mass is 35.5. The lowest BCUT2D eigenvalue weighted by molar-refractivity contribution is 0.168. The summed E-state index contributed by atoms with van der Waals surface area (Å²) in [5.74, 6) is 0.674. The standard InChI is InChI=1S/C22H27ClF2N2/c23-21-2-1-3-22(25)20(21)15-27(14-18-8-10-19(24)11-9-18)13-17-6-4-16(12-26)5-7-17/h1-3,8-11,16-17H,4-7,12-15,26H2. The van der Waals surface area contributed by atoms with Crippen molar-refractivity contribution in [2.75, 3.05) is 13.1 Å². The highest BCUT2D eigenvalue weighted by molar-refractivity contribution is 6.31. The van der Waals surface area contributed by atoms with Gasteiger partial charge in [0.1, 0.15) is 11.6 Å². The van der Waals surface area contributed by atoms with E-state index in [9.17, 15) is 8.78 Å². The molecule has 0 amide bonds. The smallest absolute Gasteiger partial charge is 0.129 e. The van der Waals surface area contributed by atoms with Crippen molar-refractivity contribution >= 4 is 11.6 Å². The van der Waals surface area contributed by atoms with Gasteiger partial charge in [0.05, 0.1) is 0 Å². The molecule has 3 rings (SSSR count). The van der Waals surface area contributed by atoms with Crippen LogP contribution in [0, 0.1) is 23.5 Å². The van der Waals surface area contributed by atoms with E-state index in [4.69, 9.17) is 17.3 Å². The molecule has 2 aromatic rings. The molecule has 1 saturated carbocycles. The van der Waals surface area contributed by atoms with E-state index < -0.39 is 0 Å². The number of nitrogens with two attached hydrogens (primary N) is 1. The van der Waals surface area contributed by atoms with Crippen molar-refractivity contribution < 1.29 is 8.78 Å². The number of hydrogen-bond acceptors (Lipinski definition) is 2. The monoisotopic (exact) mass is 392 g/mol. The third kappa shape index (κ3) is 5.74. The van der Waals surface area contributed by atoms with Gasteiger partial charge >= 0.3 is 0 Å². The van der Waals surface area contributed by atoms with E-state index in [1.807, 2.05) is 0 Å². The van der Waals surface area contributed by atoms with E-state index >= 15 is 0 Å². The third-order valence-corrected chi connectivity index (χ3v) is 5.93. The average molecular weight is 393 g/mol. The van der Waals surface area contributed by atoms with Gasteiger partial charge in [-0.25, -0.2) is 8.78 Å². The Hall–Kier alpha value is -1.49. The van der Waals surface area contributed by atoms with Crippen molar-refractivity contribution in [2.45, 2.75) is 38.8 Å². The van der Waals surface area contributed by atoms with Crippen LogP contribution in [0.4, 0.5) is 8.78 Å². The number of benzene rings is 2. The van der Waals surface area contributed by atoms with Crippen molar-refractivity contribution in [1.82, 2.24) is 4.90 Å².